The molecule has 0 aromatic rings. The van der Waals surface area contributed by atoms with Crippen molar-refractivity contribution in [2.75, 3.05) is 39.3 Å². The fourth-order valence-corrected chi connectivity index (χ4v) is 0.585. The molecule has 0 rings (SSSR count). The van der Waals surface area contributed by atoms with E-state index < -0.39 is 11.9 Å². The van der Waals surface area contributed by atoms with E-state index in [-0.39, 0.29) is 72.2 Å². The van der Waals surface area contributed by atoms with Crippen molar-refractivity contribution < 1.29 is 78.9 Å². The van der Waals surface area contributed by atoms with Gasteiger partial charge in [-0.15, -0.1) is 0 Å². The zero-order chi connectivity index (χ0) is 12.8. The average Bonchev–Trinajstić information content (AvgIpc) is 2.18. The summed E-state index contributed by atoms with van der Waals surface area (Å²) < 4.78 is 0. The fraction of sp³-hybridized carbons (Fsp3) is 0.750. The van der Waals surface area contributed by atoms with Crippen LogP contribution in [-0.2, 0) is 9.59 Å². The number of rotatable bonds is 8. The largest absolute Gasteiger partial charge is 1.00 e. The van der Waals surface area contributed by atoms with Crippen LogP contribution in [0.1, 0.15) is 0 Å². The Hall–Kier alpha value is 0.780. The number of nitrogens with two attached hydrogens (primary N) is 2. The molecule has 0 spiro atoms. The maximum Gasteiger partial charge on any atom is 1.00 e. The first kappa shape index (κ1) is 27.2. The van der Waals surface area contributed by atoms with Gasteiger partial charge in [0.1, 0.15) is 0 Å². The fourth-order valence-electron chi connectivity index (χ4n) is 0.585. The third-order valence-electron chi connectivity index (χ3n) is 1.18. The van der Waals surface area contributed by atoms with Gasteiger partial charge in [-0.05, 0) is 0 Å². The van der Waals surface area contributed by atoms with Crippen molar-refractivity contribution in [1.82, 2.24) is 10.6 Å². The molecular formula is C8H18N4Na2O4. The maximum atomic E-state index is 9.66. The Kier molecular flexibility index (Phi) is 34.6. The quantitative estimate of drug-likeness (QED) is 0.252. The van der Waals surface area contributed by atoms with Crippen LogP contribution in [-0.4, -0.2) is 51.2 Å². The van der Waals surface area contributed by atoms with Crippen molar-refractivity contribution in [3.63, 3.8) is 0 Å². The van der Waals surface area contributed by atoms with Gasteiger partial charge < -0.3 is 41.9 Å². The Morgan fingerprint density at radius 2 is 1.11 bits per heavy atom. The molecule has 0 atom stereocenters. The van der Waals surface area contributed by atoms with Crippen LogP contribution in [0.15, 0.2) is 0 Å². The molecule has 6 N–H and O–H groups in total. The van der Waals surface area contributed by atoms with E-state index in [1.807, 2.05) is 0 Å². The van der Waals surface area contributed by atoms with Gasteiger partial charge in [-0.3, -0.25) is 0 Å². The minimum atomic E-state index is -1.10. The van der Waals surface area contributed by atoms with Crippen LogP contribution in [0.25, 0.3) is 0 Å². The summed E-state index contributed by atoms with van der Waals surface area (Å²) in [5.41, 5.74) is 10.1. The molecule has 8 nitrogen and oxygen atoms in total. The number of hydrogen-bond donors (Lipinski definition) is 4. The minimum Gasteiger partial charge on any atom is -0.549 e. The van der Waals surface area contributed by atoms with Crippen LogP contribution in [0.5, 0.6) is 0 Å². The number of hydrogen-bond acceptors (Lipinski definition) is 8. The van der Waals surface area contributed by atoms with Gasteiger partial charge in [0.25, 0.3) is 0 Å². The summed E-state index contributed by atoms with van der Waals surface area (Å²) in [6, 6.07) is 0. The second-order valence-corrected chi connectivity index (χ2v) is 2.67. The zero-order valence-electron chi connectivity index (χ0n) is 11.0. The minimum absolute atomic E-state index is 0. The van der Waals surface area contributed by atoms with Gasteiger partial charge in [0, 0.05) is 39.3 Å². The number of aliphatic carboxylic acids is 2. The van der Waals surface area contributed by atoms with E-state index in [0.717, 1.165) is 0 Å². The van der Waals surface area contributed by atoms with Gasteiger partial charge in [0.2, 0.25) is 0 Å². The Balaban J connectivity index is -0.0000000980. The van der Waals surface area contributed by atoms with Crippen molar-refractivity contribution in [2.24, 2.45) is 11.5 Å². The molecule has 0 aliphatic carbocycles. The van der Waals surface area contributed by atoms with Gasteiger partial charge in [0.15, 0.2) is 0 Å². The smallest absolute Gasteiger partial charge is 0.549 e. The molecule has 0 saturated heterocycles. The van der Waals surface area contributed by atoms with Gasteiger partial charge in [-0.2, -0.15) is 0 Å². The van der Waals surface area contributed by atoms with E-state index in [4.69, 9.17) is 11.5 Å². The molecule has 0 aromatic heterocycles. The molecule has 0 heterocycles. The third kappa shape index (κ3) is 36.0. The molecule has 10 heteroatoms. The number of carbonyl (C=O) groups excluding carboxylic acids is 2. The molecule has 0 fully saturated rings. The number of carbonyl (C=O) groups is 2. The maximum absolute atomic E-state index is 9.66. The van der Waals surface area contributed by atoms with Gasteiger partial charge in [0.05, 0.1) is 11.9 Å². The average molecular weight is 280 g/mol. The second-order valence-electron chi connectivity index (χ2n) is 2.67. The predicted molar refractivity (Wildman–Crippen MR) is 53.9 cm³/mol. The Morgan fingerprint density at radius 1 is 0.833 bits per heavy atom. The monoisotopic (exact) mass is 280 g/mol. The normalized spacial score (nSPS) is 8.11. The summed E-state index contributed by atoms with van der Waals surface area (Å²) >= 11 is 0. The van der Waals surface area contributed by atoms with E-state index >= 15 is 0 Å². The van der Waals surface area contributed by atoms with Crippen molar-refractivity contribution >= 4 is 11.9 Å². The summed E-state index contributed by atoms with van der Waals surface area (Å²) in [7, 11) is 0. The Labute approximate surface area is 151 Å². The van der Waals surface area contributed by atoms with Crippen molar-refractivity contribution in [2.45, 2.75) is 0 Å². The molecule has 0 unspecified atom stereocenters. The topological polar surface area (TPSA) is 156 Å². The van der Waals surface area contributed by atoms with Gasteiger partial charge >= 0.3 is 59.1 Å². The van der Waals surface area contributed by atoms with E-state index in [0.29, 0.717) is 26.2 Å². The van der Waals surface area contributed by atoms with Crippen LogP contribution in [0, 0.1) is 0 Å². The molecule has 0 radical (unpaired) electrons. The molecule has 96 valence electrons. The molecule has 18 heavy (non-hydrogen) atoms. The molecule has 0 amide bonds. The predicted octanol–water partition coefficient (Wildman–Crippen LogP) is -11.4. The summed E-state index contributed by atoms with van der Waals surface area (Å²) in [5.74, 6) is -2.20. The molecular weight excluding hydrogens is 262 g/mol. The van der Waals surface area contributed by atoms with Crippen LogP contribution < -0.4 is 91.4 Å². The van der Waals surface area contributed by atoms with E-state index in [2.05, 4.69) is 10.6 Å². The van der Waals surface area contributed by atoms with Gasteiger partial charge in [-0.1, -0.05) is 0 Å². The molecule has 0 aromatic carbocycles. The number of nitrogens with one attached hydrogen (secondary N) is 2. The molecule has 0 aliphatic rings. The SMILES string of the molecule is NCCNCC(=O)[O-].NCCNCC(=O)[O-].[Na+].[Na+]. The number of carboxylic acid groups (broad SMARTS) is 2. The van der Waals surface area contributed by atoms with Gasteiger partial charge in [-0.25, -0.2) is 0 Å². The van der Waals surface area contributed by atoms with E-state index in [1.54, 1.807) is 0 Å². The first-order valence-corrected chi connectivity index (χ1v) is 4.75. The number of carboxylic acids is 2. The van der Waals surface area contributed by atoms with Crippen molar-refractivity contribution in [1.29, 1.82) is 0 Å². The van der Waals surface area contributed by atoms with Crippen LogP contribution in [0.4, 0.5) is 0 Å². The van der Waals surface area contributed by atoms with Crippen LogP contribution in [0.2, 0.25) is 0 Å². The Bertz CT molecular complexity index is 178. The standard InChI is InChI=1S/2C4H10N2O2.2Na/c2*5-1-2-6-3-4(7)8;;/h2*6H,1-3,5H2,(H,7,8);;/q;;2*+1/p-2. The molecule has 0 saturated carbocycles. The molecule has 0 aliphatic heterocycles. The second kappa shape index (κ2) is 22.9. The summed E-state index contributed by atoms with van der Waals surface area (Å²) in [6.45, 7) is 1.72. The third-order valence-corrected chi connectivity index (χ3v) is 1.18. The zero-order valence-corrected chi connectivity index (χ0v) is 15.0. The summed E-state index contributed by atoms with van der Waals surface area (Å²) in [5, 5.41) is 24.4. The molecule has 0 bridgehead atoms. The van der Waals surface area contributed by atoms with Crippen LogP contribution in [0.3, 0.4) is 0 Å². The van der Waals surface area contributed by atoms with E-state index in [9.17, 15) is 19.8 Å². The van der Waals surface area contributed by atoms with E-state index in [1.165, 1.54) is 0 Å². The summed E-state index contributed by atoms with van der Waals surface area (Å²) in [4.78, 5) is 19.3. The van der Waals surface area contributed by atoms with Crippen LogP contribution >= 0.6 is 0 Å². The van der Waals surface area contributed by atoms with Crippen molar-refractivity contribution in [3.05, 3.63) is 0 Å². The first-order valence-electron chi connectivity index (χ1n) is 4.75. The summed E-state index contributed by atoms with van der Waals surface area (Å²) in [6.07, 6.45) is 0. The first-order chi connectivity index (χ1) is 7.54. The Morgan fingerprint density at radius 3 is 1.28 bits per heavy atom. The van der Waals surface area contributed by atoms with Crippen molar-refractivity contribution in [3.8, 4) is 0 Å².